The molecule has 0 amide bonds. The minimum absolute atomic E-state index is 0.375. The minimum Gasteiger partial charge on any atom is -0.598 e. The predicted molar refractivity (Wildman–Crippen MR) is 138 cm³/mol. The summed E-state index contributed by atoms with van der Waals surface area (Å²) in [5.74, 6) is 0. The fraction of sp³-hybridized carbons (Fsp3) is 0.538. The SMILES string of the molecule is CC(C)(O)c1ncc(C(N[S+]([O-])C(C)(C)C)c2ccn(-c3c4c(cc5c3CCC5)CCC4)n2)s1. The molecule has 2 heterocycles. The van der Waals surface area contributed by atoms with Crippen LogP contribution in [0, 0.1) is 0 Å². The number of aliphatic hydroxyl groups is 1. The molecule has 2 atom stereocenters. The second-order valence-electron chi connectivity index (χ2n) is 11.0. The summed E-state index contributed by atoms with van der Waals surface area (Å²) in [6.07, 6.45) is 10.7. The van der Waals surface area contributed by atoms with Crippen LogP contribution in [0.5, 0.6) is 0 Å². The van der Waals surface area contributed by atoms with Gasteiger partial charge in [-0.25, -0.2) is 9.67 Å². The molecule has 0 bridgehead atoms. The van der Waals surface area contributed by atoms with E-state index in [4.69, 9.17) is 5.10 Å². The second kappa shape index (κ2) is 8.75. The lowest BCUT2D eigenvalue weighted by Gasteiger charge is -2.26. The Balaban J connectivity index is 1.56. The van der Waals surface area contributed by atoms with Crippen LogP contribution in [0.4, 0.5) is 0 Å². The quantitative estimate of drug-likeness (QED) is 0.482. The number of aryl methyl sites for hydroxylation is 2. The van der Waals surface area contributed by atoms with Crippen molar-refractivity contribution in [2.24, 2.45) is 0 Å². The molecular formula is C26H34N4O2S2. The first kappa shape index (κ1) is 24.0. The van der Waals surface area contributed by atoms with Crippen molar-refractivity contribution in [3.05, 3.63) is 62.4 Å². The van der Waals surface area contributed by atoms with Gasteiger partial charge in [0, 0.05) is 23.8 Å². The van der Waals surface area contributed by atoms with E-state index in [-0.39, 0.29) is 6.04 Å². The van der Waals surface area contributed by atoms with Crippen molar-refractivity contribution in [3.63, 3.8) is 0 Å². The largest absolute Gasteiger partial charge is 0.598 e. The van der Waals surface area contributed by atoms with Crippen LogP contribution in [-0.4, -0.2) is 29.2 Å². The van der Waals surface area contributed by atoms with Crippen LogP contribution in [0.2, 0.25) is 0 Å². The number of fused-ring (bicyclic) bond motifs is 2. The molecule has 2 unspecified atom stereocenters. The summed E-state index contributed by atoms with van der Waals surface area (Å²) < 4.78 is 18.0. The number of rotatable bonds is 6. The summed E-state index contributed by atoms with van der Waals surface area (Å²) in [5, 5.41) is 16.1. The smallest absolute Gasteiger partial charge is 0.136 e. The maximum atomic E-state index is 13.1. The first-order valence-corrected chi connectivity index (χ1v) is 14.1. The molecule has 0 aliphatic heterocycles. The van der Waals surface area contributed by atoms with Crippen molar-refractivity contribution >= 4 is 22.7 Å². The van der Waals surface area contributed by atoms with Crippen LogP contribution in [0.1, 0.15) is 91.3 Å². The van der Waals surface area contributed by atoms with Crippen LogP contribution in [-0.2, 0) is 42.6 Å². The Bertz CT molecular complexity index is 1170. The molecule has 2 aliphatic rings. The first-order valence-electron chi connectivity index (χ1n) is 12.1. The second-order valence-corrected chi connectivity index (χ2v) is 14.0. The third-order valence-electron chi connectivity index (χ3n) is 6.69. The summed E-state index contributed by atoms with van der Waals surface area (Å²) in [4.78, 5) is 5.35. The molecular weight excluding hydrogens is 464 g/mol. The molecule has 2 aliphatic carbocycles. The summed E-state index contributed by atoms with van der Waals surface area (Å²) in [6, 6.07) is 4.08. The zero-order valence-electron chi connectivity index (χ0n) is 20.6. The summed E-state index contributed by atoms with van der Waals surface area (Å²) in [5.41, 5.74) is 6.90. The Kier molecular flexibility index (Phi) is 6.18. The Morgan fingerprint density at radius 2 is 1.74 bits per heavy atom. The molecule has 0 spiro atoms. The van der Waals surface area contributed by atoms with Gasteiger partial charge in [-0.3, -0.25) is 0 Å². The molecule has 6 nitrogen and oxygen atoms in total. The van der Waals surface area contributed by atoms with E-state index in [1.807, 2.05) is 26.8 Å². The van der Waals surface area contributed by atoms with Crippen molar-refractivity contribution in [3.8, 4) is 5.69 Å². The Morgan fingerprint density at radius 1 is 1.09 bits per heavy atom. The highest BCUT2D eigenvalue weighted by atomic mass is 32.2. The van der Waals surface area contributed by atoms with Crippen molar-refractivity contribution in [2.75, 3.05) is 0 Å². The number of hydrogen-bond acceptors (Lipinski definition) is 6. The number of nitrogens with zero attached hydrogens (tertiary/aromatic N) is 3. The van der Waals surface area contributed by atoms with Crippen LogP contribution in [0.3, 0.4) is 0 Å². The molecule has 0 fully saturated rings. The molecule has 0 radical (unpaired) electrons. The maximum absolute atomic E-state index is 13.1. The van der Waals surface area contributed by atoms with E-state index < -0.39 is 21.7 Å². The average molecular weight is 499 g/mol. The number of nitrogens with one attached hydrogen (secondary N) is 1. The van der Waals surface area contributed by atoms with Crippen molar-refractivity contribution in [1.29, 1.82) is 0 Å². The maximum Gasteiger partial charge on any atom is 0.136 e. The lowest BCUT2D eigenvalue weighted by atomic mass is 9.99. The van der Waals surface area contributed by atoms with E-state index >= 15 is 0 Å². The summed E-state index contributed by atoms with van der Waals surface area (Å²) >= 11 is 0.136. The predicted octanol–water partition coefficient (Wildman–Crippen LogP) is 4.67. The molecule has 1 aromatic carbocycles. The number of hydrogen-bond donors (Lipinski definition) is 2. The lowest BCUT2D eigenvalue weighted by molar-refractivity contribution is 0.0783. The Morgan fingerprint density at radius 3 is 2.29 bits per heavy atom. The van der Waals surface area contributed by atoms with Gasteiger partial charge in [-0.1, -0.05) is 6.07 Å². The molecule has 3 aromatic rings. The van der Waals surface area contributed by atoms with Gasteiger partial charge in [0.1, 0.15) is 21.4 Å². The molecule has 2 aromatic heterocycles. The van der Waals surface area contributed by atoms with Gasteiger partial charge in [-0.15, -0.1) is 16.1 Å². The molecule has 182 valence electrons. The standard InChI is InChI=1S/C26H34N4O2S2/c1-25(2,3)34(32)29-22(21-15-27-24(33-21)26(4,5)31)20-12-13-30(28-20)23-18-10-6-8-16(18)14-17-9-7-11-19(17)23/h12-15,22,29,31H,6-11H2,1-5H3. The number of thiazole rings is 1. The normalized spacial score (nSPS) is 17.6. The fourth-order valence-corrected chi connectivity index (χ4v) is 6.80. The van der Waals surface area contributed by atoms with E-state index in [0.29, 0.717) is 5.01 Å². The highest BCUT2D eigenvalue weighted by molar-refractivity contribution is 7.90. The van der Waals surface area contributed by atoms with Gasteiger partial charge in [0.15, 0.2) is 0 Å². The topological polar surface area (TPSA) is 86.0 Å². The Hall–Kier alpha value is -1.71. The van der Waals surface area contributed by atoms with Crippen LogP contribution in [0.25, 0.3) is 5.69 Å². The molecule has 5 rings (SSSR count). The molecule has 2 N–H and O–H groups in total. The van der Waals surface area contributed by atoms with E-state index in [1.54, 1.807) is 20.0 Å². The third kappa shape index (κ3) is 4.46. The third-order valence-corrected chi connectivity index (χ3v) is 9.63. The van der Waals surface area contributed by atoms with Gasteiger partial charge in [-0.05, 0) is 101 Å². The van der Waals surface area contributed by atoms with E-state index in [1.165, 1.54) is 52.1 Å². The lowest BCUT2D eigenvalue weighted by Crippen LogP contribution is -2.41. The monoisotopic (exact) mass is 498 g/mol. The van der Waals surface area contributed by atoms with Crippen molar-refractivity contribution in [1.82, 2.24) is 19.5 Å². The van der Waals surface area contributed by atoms with Gasteiger partial charge in [0.2, 0.25) is 0 Å². The molecule has 0 saturated heterocycles. The first-order chi connectivity index (χ1) is 16.0. The van der Waals surface area contributed by atoms with Crippen LogP contribution >= 0.6 is 11.3 Å². The van der Waals surface area contributed by atoms with Crippen molar-refractivity contribution in [2.45, 2.75) is 89.5 Å². The van der Waals surface area contributed by atoms with E-state index in [9.17, 15) is 9.66 Å². The van der Waals surface area contributed by atoms with Crippen LogP contribution in [0.15, 0.2) is 24.5 Å². The average Bonchev–Trinajstić information content (AvgIpc) is 3.55. The summed E-state index contributed by atoms with van der Waals surface area (Å²) in [7, 11) is 0. The highest BCUT2D eigenvalue weighted by Crippen LogP contribution is 2.38. The highest BCUT2D eigenvalue weighted by Gasteiger charge is 2.34. The van der Waals surface area contributed by atoms with Gasteiger partial charge in [-0.2, -0.15) is 5.10 Å². The molecule has 0 saturated carbocycles. The number of benzene rings is 1. The zero-order chi connectivity index (χ0) is 24.3. The molecule has 34 heavy (non-hydrogen) atoms. The molecule has 8 heteroatoms. The van der Waals surface area contributed by atoms with Gasteiger partial charge < -0.3 is 9.66 Å². The van der Waals surface area contributed by atoms with Crippen molar-refractivity contribution < 1.29 is 9.66 Å². The van der Waals surface area contributed by atoms with E-state index in [2.05, 4.69) is 26.7 Å². The summed E-state index contributed by atoms with van der Waals surface area (Å²) in [6.45, 7) is 9.33. The number of aromatic nitrogens is 3. The van der Waals surface area contributed by atoms with Gasteiger partial charge >= 0.3 is 0 Å². The van der Waals surface area contributed by atoms with Gasteiger partial charge in [0.25, 0.3) is 0 Å². The van der Waals surface area contributed by atoms with E-state index in [0.717, 1.165) is 36.3 Å². The van der Waals surface area contributed by atoms with Crippen LogP contribution < -0.4 is 4.72 Å². The van der Waals surface area contributed by atoms with Gasteiger partial charge in [0.05, 0.1) is 16.3 Å². The Labute approximate surface area is 209 Å². The minimum atomic E-state index is -1.30. The fourth-order valence-electron chi connectivity index (χ4n) is 4.93. The zero-order valence-corrected chi connectivity index (χ0v) is 22.3.